The van der Waals surface area contributed by atoms with Crippen molar-refractivity contribution in [2.45, 2.75) is 37.5 Å². The van der Waals surface area contributed by atoms with E-state index >= 15 is 0 Å². The number of hydrogen-bond donors (Lipinski definition) is 1. The first-order valence-corrected chi connectivity index (χ1v) is 13.3. The molecule has 0 aliphatic carbocycles. The van der Waals surface area contributed by atoms with Crippen molar-refractivity contribution in [3.63, 3.8) is 0 Å². The summed E-state index contributed by atoms with van der Waals surface area (Å²) in [5, 5.41) is 0. The highest BCUT2D eigenvalue weighted by atomic mass is 32.2. The first kappa shape index (κ1) is 23.9. The van der Waals surface area contributed by atoms with E-state index in [-0.39, 0.29) is 11.4 Å². The van der Waals surface area contributed by atoms with E-state index in [1.54, 1.807) is 30.3 Å². The summed E-state index contributed by atoms with van der Waals surface area (Å²) in [5.41, 5.74) is 4.00. The Morgan fingerprint density at radius 2 is 1.26 bits per heavy atom. The fraction of sp³-hybridized carbons (Fsp3) is 0.455. The van der Waals surface area contributed by atoms with E-state index in [0.717, 1.165) is 22.3 Å². The average Bonchev–Trinajstić information content (AvgIpc) is 2.72. The number of piperazine rings is 1. The number of benzene rings is 2. The Bertz CT molecular complexity index is 1150. The summed E-state index contributed by atoms with van der Waals surface area (Å²) in [7, 11) is -7.08. The smallest absolute Gasteiger partial charge is 0.243 e. The third kappa shape index (κ3) is 5.53. The van der Waals surface area contributed by atoms with Crippen LogP contribution >= 0.6 is 0 Å². The van der Waals surface area contributed by atoms with E-state index in [4.69, 9.17) is 0 Å². The number of rotatable bonds is 7. The highest BCUT2D eigenvalue weighted by molar-refractivity contribution is 7.89. The Hall–Kier alpha value is -1.78. The summed E-state index contributed by atoms with van der Waals surface area (Å²) in [6.07, 6.45) is 0. The number of nitrogens with zero attached hydrogens (tertiary/aromatic N) is 2. The standard InChI is InChI=1S/C22H31N3O4S2/c1-17-5-7-21(15-19(17)3)30(26,27)23-9-10-24-11-13-25(14-12-24)31(28,29)22-8-6-18(2)20(4)16-22/h5-8,15-16,23H,9-14H2,1-4H3. The third-order valence-corrected chi connectivity index (χ3v) is 9.31. The highest BCUT2D eigenvalue weighted by Crippen LogP contribution is 2.20. The van der Waals surface area contributed by atoms with E-state index in [2.05, 4.69) is 9.62 Å². The predicted molar refractivity (Wildman–Crippen MR) is 122 cm³/mol. The molecule has 0 atom stereocenters. The zero-order valence-corrected chi connectivity index (χ0v) is 20.2. The lowest BCUT2D eigenvalue weighted by Gasteiger charge is -2.34. The molecule has 7 nitrogen and oxygen atoms in total. The summed E-state index contributed by atoms with van der Waals surface area (Å²) >= 11 is 0. The topological polar surface area (TPSA) is 86.8 Å². The van der Waals surface area contributed by atoms with Gasteiger partial charge in [-0.1, -0.05) is 12.1 Å². The zero-order chi connectivity index (χ0) is 22.8. The van der Waals surface area contributed by atoms with Gasteiger partial charge in [0.2, 0.25) is 20.0 Å². The molecule has 1 N–H and O–H groups in total. The molecule has 0 aromatic heterocycles. The van der Waals surface area contributed by atoms with Crippen molar-refractivity contribution in [2.24, 2.45) is 0 Å². The van der Waals surface area contributed by atoms with Gasteiger partial charge in [0, 0.05) is 39.3 Å². The summed E-state index contributed by atoms with van der Waals surface area (Å²) in [4.78, 5) is 2.67. The van der Waals surface area contributed by atoms with Gasteiger partial charge in [-0.3, -0.25) is 4.90 Å². The molecule has 1 fully saturated rings. The van der Waals surface area contributed by atoms with Gasteiger partial charge in [0.05, 0.1) is 9.79 Å². The van der Waals surface area contributed by atoms with Crippen molar-refractivity contribution in [3.8, 4) is 0 Å². The number of nitrogens with one attached hydrogen (secondary N) is 1. The second kappa shape index (κ2) is 9.38. The molecule has 0 spiro atoms. The van der Waals surface area contributed by atoms with Gasteiger partial charge in [0.15, 0.2) is 0 Å². The largest absolute Gasteiger partial charge is 0.299 e. The lowest BCUT2D eigenvalue weighted by Crippen LogP contribution is -2.50. The molecule has 2 aromatic rings. The second-order valence-electron chi connectivity index (χ2n) is 8.14. The first-order valence-electron chi connectivity index (χ1n) is 10.4. The van der Waals surface area contributed by atoms with Gasteiger partial charge in [-0.2, -0.15) is 4.31 Å². The van der Waals surface area contributed by atoms with Gasteiger partial charge in [0.1, 0.15) is 0 Å². The Morgan fingerprint density at radius 1 is 0.742 bits per heavy atom. The monoisotopic (exact) mass is 465 g/mol. The van der Waals surface area contributed by atoms with Crippen LogP contribution in [0.3, 0.4) is 0 Å². The van der Waals surface area contributed by atoms with Crippen LogP contribution in [0, 0.1) is 27.7 Å². The number of sulfonamides is 2. The van der Waals surface area contributed by atoms with E-state index in [1.165, 1.54) is 4.31 Å². The van der Waals surface area contributed by atoms with Gasteiger partial charge in [-0.15, -0.1) is 0 Å². The molecular formula is C22H31N3O4S2. The fourth-order valence-corrected chi connectivity index (χ4v) is 6.13. The van der Waals surface area contributed by atoms with Crippen LogP contribution in [-0.2, 0) is 20.0 Å². The van der Waals surface area contributed by atoms with Gasteiger partial charge < -0.3 is 0 Å². The second-order valence-corrected chi connectivity index (χ2v) is 11.8. The van der Waals surface area contributed by atoms with Gasteiger partial charge in [-0.05, 0) is 74.2 Å². The summed E-state index contributed by atoms with van der Waals surface area (Å²) < 4.78 is 55.0. The summed E-state index contributed by atoms with van der Waals surface area (Å²) in [6.45, 7) is 10.4. The number of aryl methyl sites for hydroxylation is 4. The van der Waals surface area contributed by atoms with Crippen LogP contribution < -0.4 is 4.72 Å². The van der Waals surface area contributed by atoms with Crippen molar-refractivity contribution in [3.05, 3.63) is 58.7 Å². The lowest BCUT2D eigenvalue weighted by atomic mass is 10.1. The molecule has 170 valence electrons. The zero-order valence-electron chi connectivity index (χ0n) is 18.6. The molecule has 0 saturated carbocycles. The fourth-order valence-electron chi connectivity index (χ4n) is 3.52. The van der Waals surface area contributed by atoms with Crippen LogP contribution in [0.1, 0.15) is 22.3 Å². The van der Waals surface area contributed by atoms with Crippen molar-refractivity contribution < 1.29 is 16.8 Å². The minimum Gasteiger partial charge on any atom is -0.299 e. The molecule has 0 radical (unpaired) electrons. The Kier molecular flexibility index (Phi) is 7.22. The predicted octanol–water partition coefficient (Wildman–Crippen LogP) is 2.21. The summed E-state index contributed by atoms with van der Waals surface area (Å²) in [6, 6.07) is 10.3. The summed E-state index contributed by atoms with van der Waals surface area (Å²) in [5.74, 6) is 0. The van der Waals surface area contributed by atoms with E-state index < -0.39 is 20.0 Å². The molecule has 2 aromatic carbocycles. The van der Waals surface area contributed by atoms with Gasteiger partial charge in [-0.25, -0.2) is 21.6 Å². The van der Waals surface area contributed by atoms with E-state index in [0.29, 0.717) is 37.6 Å². The Morgan fingerprint density at radius 3 is 1.81 bits per heavy atom. The maximum atomic E-state index is 12.9. The van der Waals surface area contributed by atoms with Gasteiger partial charge >= 0.3 is 0 Å². The molecule has 1 aliphatic heterocycles. The minimum atomic E-state index is -3.56. The molecule has 9 heteroatoms. The van der Waals surface area contributed by atoms with E-state index in [1.807, 2.05) is 33.8 Å². The van der Waals surface area contributed by atoms with Crippen LogP contribution in [0.2, 0.25) is 0 Å². The molecule has 0 amide bonds. The lowest BCUT2D eigenvalue weighted by molar-refractivity contribution is 0.191. The normalized spacial score (nSPS) is 16.5. The van der Waals surface area contributed by atoms with Crippen molar-refractivity contribution >= 4 is 20.0 Å². The molecule has 1 saturated heterocycles. The van der Waals surface area contributed by atoms with Crippen LogP contribution in [-0.4, -0.2) is 65.3 Å². The van der Waals surface area contributed by atoms with Crippen LogP contribution in [0.5, 0.6) is 0 Å². The SMILES string of the molecule is Cc1ccc(S(=O)(=O)NCCN2CCN(S(=O)(=O)c3ccc(C)c(C)c3)CC2)cc1C. The third-order valence-electron chi connectivity index (χ3n) is 5.96. The molecule has 0 bridgehead atoms. The van der Waals surface area contributed by atoms with Crippen LogP contribution in [0.25, 0.3) is 0 Å². The highest BCUT2D eigenvalue weighted by Gasteiger charge is 2.28. The maximum absolute atomic E-state index is 12.9. The molecule has 31 heavy (non-hydrogen) atoms. The van der Waals surface area contributed by atoms with E-state index in [9.17, 15) is 16.8 Å². The molecule has 1 aliphatic rings. The van der Waals surface area contributed by atoms with Crippen molar-refractivity contribution in [1.29, 1.82) is 0 Å². The van der Waals surface area contributed by atoms with Crippen LogP contribution in [0.15, 0.2) is 46.2 Å². The minimum absolute atomic E-state index is 0.264. The molecule has 3 rings (SSSR count). The van der Waals surface area contributed by atoms with Gasteiger partial charge in [0.25, 0.3) is 0 Å². The molecule has 0 unspecified atom stereocenters. The Labute approximate surface area is 186 Å². The van der Waals surface area contributed by atoms with Crippen molar-refractivity contribution in [2.75, 3.05) is 39.3 Å². The average molecular weight is 466 g/mol. The first-order chi connectivity index (χ1) is 14.5. The quantitative estimate of drug-likeness (QED) is 0.678. The Balaban J connectivity index is 1.53. The van der Waals surface area contributed by atoms with Crippen LogP contribution in [0.4, 0.5) is 0 Å². The number of hydrogen-bond acceptors (Lipinski definition) is 5. The molecule has 1 heterocycles. The molecular weight excluding hydrogens is 434 g/mol. The maximum Gasteiger partial charge on any atom is 0.243 e. The van der Waals surface area contributed by atoms with Crippen molar-refractivity contribution in [1.82, 2.24) is 13.9 Å².